The summed E-state index contributed by atoms with van der Waals surface area (Å²) in [7, 11) is 0. The topological polar surface area (TPSA) is 26.3 Å². The van der Waals surface area contributed by atoms with Gasteiger partial charge in [0.1, 0.15) is 0 Å². The van der Waals surface area contributed by atoms with Crippen molar-refractivity contribution in [2.75, 3.05) is 6.61 Å². The Morgan fingerprint density at radius 3 is 2.61 bits per heavy atom. The summed E-state index contributed by atoms with van der Waals surface area (Å²) in [6, 6.07) is 10.8. The molecule has 0 amide bonds. The summed E-state index contributed by atoms with van der Waals surface area (Å²) < 4.78 is 5.05. The minimum Gasteiger partial charge on any atom is -0.463 e. The number of esters is 1. The number of hydrogen-bond acceptors (Lipinski definition) is 2. The van der Waals surface area contributed by atoms with Gasteiger partial charge in [0.25, 0.3) is 0 Å². The first kappa shape index (κ1) is 16.3. The third-order valence-corrected chi connectivity index (χ3v) is 5.45. The molecule has 2 unspecified atom stereocenters. The molecule has 2 heteroatoms. The Labute approximate surface area is 139 Å². The lowest BCUT2D eigenvalue weighted by molar-refractivity contribution is -0.137. The van der Waals surface area contributed by atoms with Gasteiger partial charge in [-0.1, -0.05) is 56.7 Å². The number of rotatable bonds is 4. The average molecular weight is 310 g/mol. The maximum atomic E-state index is 11.7. The maximum Gasteiger partial charge on any atom is 0.330 e. The molecule has 0 spiro atoms. The molecule has 0 saturated heterocycles. The van der Waals surface area contributed by atoms with Crippen LogP contribution in [0.4, 0.5) is 0 Å². The van der Waals surface area contributed by atoms with Crippen molar-refractivity contribution < 1.29 is 9.53 Å². The molecular formula is C21H26O2. The predicted octanol–water partition coefficient (Wildman–Crippen LogP) is 4.76. The van der Waals surface area contributed by atoms with E-state index in [0.29, 0.717) is 18.4 Å². The maximum absolute atomic E-state index is 11.7. The van der Waals surface area contributed by atoms with Gasteiger partial charge in [-0.05, 0) is 42.6 Å². The van der Waals surface area contributed by atoms with Crippen molar-refractivity contribution in [3.8, 4) is 0 Å². The minimum absolute atomic E-state index is 0.000101. The molecule has 3 rings (SSSR count). The highest BCUT2D eigenvalue weighted by molar-refractivity contribution is 5.82. The van der Waals surface area contributed by atoms with Crippen LogP contribution in [0.3, 0.4) is 0 Å². The van der Waals surface area contributed by atoms with E-state index in [1.807, 2.05) is 13.0 Å². The molecule has 2 aliphatic rings. The molecule has 2 atom stereocenters. The van der Waals surface area contributed by atoms with Crippen molar-refractivity contribution in [3.63, 3.8) is 0 Å². The number of carbonyl (C=O) groups excluding carboxylic acids is 1. The molecule has 1 aromatic carbocycles. The first-order valence-corrected chi connectivity index (χ1v) is 8.70. The normalized spacial score (nSPS) is 27.4. The Balaban J connectivity index is 1.90. The number of hydrogen-bond donors (Lipinski definition) is 0. The first-order valence-electron chi connectivity index (χ1n) is 8.70. The number of allylic oxidation sites excluding steroid dienone is 1. The Morgan fingerprint density at radius 1 is 1.22 bits per heavy atom. The molecule has 0 aromatic heterocycles. The second-order valence-electron chi connectivity index (χ2n) is 7.09. The number of ether oxygens (including phenoxy) is 1. The van der Waals surface area contributed by atoms with Crippen LogP contribution in [0.5, 0.6) is 0 Å². The Kier molecular flexibility index (Phi) is 4.61. The number of carbonyl (C=O) groups is 1. The lowest BCUT2D eigenvalue weighted by Crippen LogP contribution is -2.25. The Morgan fingerprint density at radius 2 is 1.91 bits per heavy atom. The molecule has 2 radical (unpaired) electrons. The van der Waals surface area contributed by atoms with Crippen LogP contribution in [0.1, 0.15) is 45.6 Å². The fourth-order valence-corrected chi connectivity index (χ4v) is 4.63. The first-order chi connectivity index (χ1) is 11.1. The van der Waals surface area contributed by atoms with Gasteiger partial charge in [-0.25, -0.2) is 4.79 Å². The summed E-state index contributed by atoms with van der Waals surface area (Å²) in [5, 5.41) is 0. The van der Waals surface area contributed by atoms with Crippen molar-refractivity contribution in [2.24, 2.45) is 17.3 Å². The van der Waals surface area contributed by atoms with Gasteiger partial charge < -0.3 is 4.74 Å². The Hall–Kier alpha value is -1.57. The van der Waals surface area contributed by atoms with Gasteiger partial charge in [0.05, 0.1) is 6.61 Å². The van der Waals surface area contributed by atoms with Gasteiger partial charge in [-0.15, -0.1) is 0 Å². The van der Waals surface area contributed by atoms with Crippen LogP contribution < -0.4 is 0 Å². The monoisotopic (exact) mass is 310 g/mol. The summed E-state index contributed by atoms with van der Waals surface area (Å²) >= 11 is 0. The third-order valence-electron chi connectivity index (χ3n) is 5.45. The van der Waals surface area contributed by atoms with Crippen molar-refractivity contribution >= 4 is 5.97 Å². The van der Waals surface area contributed by atoms with Crippen molar-refractivity contribution in [1.82, 2.24) is 0 Å². The smallest absolute Gasteiger partial charge is 0.330 e. The van der Waals surface area contributed by atoms with Crippen LogP contribution in [0.15, 0.2) is 42.5 Å². The van der Waals surface area contributed by atoms with E-state index >= 15 is 0 Å². The van der Waals surface area contributed by atoms with E-state index in [0.717, 1.165) is 0 Å². The largest absolute Gasteiger partial charge is 0.463 e. The van der Waals surface area contributed by atoms with Crippen molar-refractivity contribution in [3.05, 3.63) is 59.9 Å². The third kappa shape index (κ3) is 2.96. The zero-order valence-corrected chi connectivity index (χ0v) is 14.3. The highest BCUT2D eigenvalue weighted by Crippen LogP contribution is 2.64. The van der Waals surface area contributed by atoms with Gasteiger partial charge in [-0.2, -0.15) is 0 Å². The lowest BCUT2D eigenvalue weighted by atomic mass is 9.70. The van der Waals surface area contributed by atoms with Crippen LogP contribution in [0.25, 0.3) is 0 Å². The van der Waals surface area contributed by atoms with Gasteiger partial charge >= 0.3 is 5.97 Å². The molecule has 0 N–H and O–H groups in total. The molecule has 0 aliphatic heterocycles. The molecule has 1 aromatic rings. The van der Waals surface area contributed by atoms with E-state index in [1.165, 1.54) is 30.7 Å². The molecule has 2 fully saturated rings. The molecular weight excluding hydrogens is 284 g/mol. The molecule has 0 heterocycles. The van der Waals surface area contributed by atoms with Crippen LogP contribution >= 0.6 is 0 Å². The number of fused-ring (bicyclic) bond motifs is 1. The average Bonchev–Trinajstić information content (AvgIpc) is 3.04. The van der Waals surface area contributed by atoms with Crippen molar-refractivity contribution in [1.29, 1.82) is 0 Å². The van der Waals surface area contributed by atoms with E-state index in [1.54, 1.807) is 12.0 Å². The highest BCUT2D eigenvalue weighted by Gasteiger charge is 2.56. The quantitative estimate of drug-likeness (QED) is 0.592. The fraction of sp³-hybridized carbons (Fsp3) is 0.476. The van der Waals surface area contributed by atoms with E-state index in [4.69, 9.17) is 4.74 Å². The van der Waals surface area contributed by atoms with Gasteiger partial charge in [0.2, 0.25) is 0 Å². The molecule has 2 aliphatic carbocycles. The molecule has 0 bridgehead atoms. The van der Waals surface area contributed by atoms with Crippen LogP contribution in [0.2, 0.25) is 0 Å². The zero-order valence-electron chi connectivity index (χ0n) is 14.3. The van der Waals surface area contributed by atoms with E-state index in [9.17, 15) is 4.79 Å². The highest BCUT2D eigenvalue weighted by atomic mass is 16.5. The summed E-state index contributed by atoms with van der Waals surface area (Å²) in [6.07, 6.45) is 7.42. The second kappa shape index (κ2) is 6.51. The molecule has 23 heavy (non-hydrogen) atoms. The Bertz CT molecular complexity index is 573. The standard InChI is InChI=1S/C21H26O2/c1-4-23-19(22)14-13-18-16-11-8-12-17(16)20(21(18,2)3)15-9-6-5-7-10-15/h5-7,9-10,13-14,16-17H,4,8,11-12H2,1-3H3/b14-13+. The molecule has 2 nitrogen and oxygen atoms in total. The SMILES string of the molecule is CCOC(=O)/C=C/[C]1C2CCCC2[C](c2ccccc2)C1(C)C. The van der Waals surface area contributed by atoms with Crippen LogP contribution in [0, 0.1) is 29.1 Å². The summed E-state index contributed by atoms with van der Waals surface area (Å²) in [6.45, 7) is 6.87. The van der Waals surface area contributed by atoms with Gasteiger partial charge in [0, 0.05) is 17.9 Å². The predicted molar refractivity (Wildman–Crippen MR) is 92.4 cm³/mol. The lowest BCUT2D eigenvalue weighted by Gasteiger charge is -2.33. The van der Waals surface area contributed by atoms with E-state index in [2.05, 4.69) is 44.2 Å². The summed E-state index contributed by atoms with van der Waals surface area (Å²) in [4.78, 5) is 11.7. The molecule has 2 saturated carbocycles. The molecule has 122 valence electrons. The minimum atomic E-state index is -0.237. The van der Waals surface area contributed by atoms with E-state index < -0.39 is 0 Å². The van der Waals surface area contributed by atoms with Gasteiger partial charge in [-0.3, -0.25) is 0 Å². The second-order valence-corrected chi connectivity index (χ2v) is 7.09. The van der Waals surface area contributed by atoms with Crippen LogP contribution in [-0.4, -0.2) is 12.6 Å². The number of benzene rings is 1. The zero-order chi connectivity index (χ0) is 16.4. The van der Waals surface area contributed by atoms with E-state index in [-0.39, 0.29) is 11.4 Å². The summed E-state index contributed by atoms with van der Waals surface area (Å²) in [5.74, 6) is 3.90. The van der Waals surface area contributed by atoms with Crippen molar-refractivity contribution in [2.45, 2.75) is 40.0 Å². The van der Waals surface area contributed by atoms with Crippen LogP contribution in [-0.2, 0) is 9.53 Å². The summed E-state index contributed by atoms with van der Waals surface area (Å²) in [5.41, 5.74) is 1.36. The van der Waals surface area contributed by atoms with Gasteiger partial charge in [0.15, 0.2) is 0 Å². The fourth-order valence-electron chi connectivity index (χ4n) is 4.63.